The van der Waals surface area contributed by atoms with E-state index in [2.05, 4.69) is 8.62 Å². The Labute approximate surface area is 453 Å². The van der Waals surface area contributed by atoms with E-state index in [4.69, 9.17) is 117 Å². The first kappa shape index (κ1) is 90.4. The summed E-state index contributed by atoms with van der Waals surface area (Å²) in [5, 5.41) is 30.6. The van der Waals surface area contributed by atoms with Gasteiger partial charge in [-0.25, -0.2) is 18.3 Å². The van der Waals surface area contributed by atoms with Gasteiger partial charge in [-0.3, -0.25) is 13.4 Å². The molecule has 0 aromatic carbocycles. The monoisotopic (exact) mass is 954 g/mol. The molecule has 47 heavy (non-hydrogen) atoms. The van der Waals surface area contributed by atoms with E-state index >= 15 is 0 Å². The third-order valence-corrected chi connectivity index (χ3v) is 3.77. The van der Waals surface area contributed by atoms with Crippen LogP contribution in [0, 0.1) is 0 Å². The molecule has 256 valence electrons. The third kappa shape index (κ3) is 377. The molecule has 0 radical (unpaired) electrons. The summed E-state index contributed by atoms with van der Waals surface area (Å²) in [4.78, 5) is 149. The van der Waals surface area contributed by atoms with Gasteiger partial charge in [-0.05, 0) is 0 Å². The number of rotatable bonds is 4. The summed E-state index contributed by atoms with van der Waals surface area (Å²) in [6.45, 7) is 0. The second kappa shape index (κ2) is 44.4. The average Bonchev–Trinajstić information content (AvgIpc) is 2.30. The fourth-order valence-corrected chi connectivity index (χ4v) is 2.42. The zero-order valence-corrected chi connectivity index (χ0v) is 45.4. The van der Waals surface area contributed by atoms with Gasteiger partial charge < -0.3 is 118 Å². The minimum Gasteiger partial charge on any atom is -0.789 e. The van der Waals surface area contributed by atoms with E-state index in [0.29, 0.717) is 0 Å². The second-order valence-electron chi connectivity index (χ2n) is 4.11. The van der Waals surface area contributed by atoms with Crippen LogP contribution in [0.15, 0.2) is 0 Å². The zero-order chi connectivity index (χ0) is 36.1. The van der Waals surface area contributed by atoms with Crippen LogP contribution in [0.1, 0.15) is 0 Å². The van der Waals surface area contributed by atoms with Gasteiger partial charge in [-0.15, -0.1) is 0 Å². The van der Waals surface area contributed by atoms with Gasteiger partial charge in [0.05, 0.1) is 7.82 Å². The molecule has 0 saturated carbocycles. The number of carbonyl (C=O) groups is 2. The van der Waals surface area contributed by atoms with Crippen molar-refractivity contribution in [3.05, 3.63) is 0 Å². The Morgan fingerprint density at radius 2 is 0.511 bits per heavy atom. The van der Waals surface area contributed by atoms with E-state index in [1.807, 2.05) is 0 Å². The van der Waals surface area contributed by atoms with Gasteiger partial charge in [0.25, 0.3) is 15.6 Å². The first-order valence-electron chi connectivity index (χ1n) is 6.60. The molecule has 0 aromatic rings. The maximum Gasteiger partial charge on any atom is 1.00 e. The van der Waals surface area contributed by atoms with Gasteiger partial charge in [0.15, 0.2) is 0 Å². The van der Waals surface area contributed by atoms with Gasteiger partial charge in [-0.1, -0.05) is 0 Å². The summed E-state index contributed by atoms with van der Waals surface area (Å²) in [6.07, 6.45) is -4.17. The molecule has 45 heteroatoms. The molecule has 0 rings (SSSR count). The van der Waals surface area contributed by atoms with Crippen LogP contribution >= 0.6 is 54.8 Å². The van der Waals surface area contributed by atoms with Gasteiger partial charge in [0.1, 0.15) is 0 Å². The molecule has 0 aromatic heterocycles. The van der Waals surface area contributed by atoms with Crippen LogP contribution in [0.25, 0.3) is 0 Å². The van der Waals surface area contributed by atoms with Crippen LogP contribution in [0.2, 0.25) is 0 Å². The molecule has 0 saturated heterocycles. The molecule has 0 fully saturated rings. The van der Waals surface area contributed by atoms with Crippen molar-refractivity contribution in [1.29, 1.82) is 0 Å². The molecule has 0 aliphatic heterocycles. The van der Waals surface area contributed by atoms with E-state index in [9.17, 15) is 28.0 Å². The third-order valence-electron chi connectivity index (χ3n) is 0.419. The maximum atomic E-state index is 9.63. The number of hydrogen-bond acceptors (Lipinski definition) is 17. The molecular weight excluding hydrogens is 939 g/mol. The van der Waals surface area contributed by atoms with Gasteiger partial charge >= 0.3 is 274 Å². The predicted molar refractivity (Wildman–Crippen MR) is 100 cm³/mol. The van der Waals surface area contributed by atoms with Crippen molar-refractivity contribution in [3.63, 3.8) is 0 Å². The molecule has 0 heterocycles. The van der Waals surface area contributed by atoms with E-state index in [1.54, 1.807) is 0 Å². The molecule has 32 nitrogen and oxygen atoms in total. The zero-order valence-electron chi connectivity index (χ0n) is 23.8. The Hall–Kier alpha value is 7.30. The molecule has 0 amide bonds. The quantitative estimate of drug-likeness (QED) is 0.0919. The van der Waals surface area contributed by atoms with Crippen molar-refractivity contribution in [2.45, 2.75) is 0 Å². The number of phosphoric acid groups is 7. The van der Waals surface area contributed by atoms with Gasteiger partial charge in [0, 0.05) is 0 Å². The fourth-order valence-electron chi connectivity index (χ4n) is 0.269. The Kier molecular flexibility index (Phi) is 85.4. The van der Waals surface area contributed by atoms with Crippen molar-refractivity contribution in [1.82, 2.24) is 0 Å². The molecular formula is C2H15K3Na3O32P7. The smallest absolute Gasteiger partial charge is 0.789 e. The van der Waals surface area contributed by atoms with E-state index < -0.39 is 67.1 Å². The van der Waals surface area contributed by atoms with Gasteiger partial charge in [-0.2, -0.15) is 4.31 Å². The minimum absolute atomic E-state index is 0. The Balaban J connectivity index is -0.0000000262. The van der Waals surface area contributed by atoms with Crippen molar-refractivity contribution < 1.29 is 397 Å². The Morgan fingerprint density at radius 1 is 0.426 bits per heavy atom. The standard InChI is InChI=1S/2CH2O3.3K.3Na.2H4O7P2.3H3O4P/c2*2-1(3)4;;;;;;;2*1-8(2,3)7-9(4,5)6;3*1-5(2,3)4/h2*(H2,2,3,4);;;;;;;2*(H2,1,2,3)(H2,4,5,6);3*(H3,1,2,3,4)/q;;6*+1;;;;;/p-6. The van der Waals surface area contributed by atoms with Crippen LogP contribution in [-0.2, 0) is 40.6 Å². The first-order valence-corrected chi connectivity index (χ1v) is 17.3. The van der Waals surface area contributed by atoms with Crippen molar-refractivity contribution >= 4 is 67.1 Å². The molecule has 0 aliphatic carbocycles. The van der Waals surface area contributed by atoms with Crippen LogP contribution in [0.5, 0.6) is 0 Å². The second-order valence-corrected chi connectivity index (χ2v) is 12.2. The molecule has 0 bridgehead atoms. The summed E-state index contributed by atoms with van der Waals surface area (Å²) in [5.74, 6) is 0. The van der Waals surface area contributed by atoms with Crippen molar-refractivity contribution in [2.75, 3.05) is 0 Å². The summed E-state index contributed by atoms with van der Waals surface area (Å²) in [6, 6.07) is 0. The number of carboxylic acid groups (broad SMARTS) is 4. The summed E-state index contributed by atoms with van der Waals surface area (Å²) in [5.41, 5.74) is 0. The normalized spacial score (nSPS) is 10.1. The largest absolute Gasteiger partial charge is 1.00 e. The Bertz CT molecular complexity index is 877. The van der Waals surface area contributed by atoms with E-state index in [-0.39, 0.29) is 243 Å². The summed E-state index contributed by atoms with van der Waals surface area (Å²) >= 11 is 0. The average molecular weight is 954 g/mol. The van der Waals surface area contributed by atoms with Crippen LogP contribution in [0.3, 0.4) is 0 Å². The van der Waals surface area contributed by atoms with Crippen molar-refractivity contribution in [3.8, 4) is 0 Å². The predicted octanol–water partition coefficient (Wildman–Crippen LogP) is -27.1. The minimum atomic E-state index is -5.55. The Morgan fingerprint density at radius 3 is 0.511 bits per heavy atom. The molecule has 0 atom stereocenters. The van der Waals surface area contributed by atoms with E-state index in [1.165, 1.54) is 0 Å². The summed E-state index contributed by atoms with van der Waals surface area (Å²) in [7, 11) is -35.2. The topological polar surface area (TPSA) is 614 Å². The fraction of sp³-hybridized carbons (Fsp3) is 0. The van der Waals surface area contributed by atoms with Crippen LogP contribution < -0.4 is 273 Å². The van der Waals surface area contributed by atoms with Crippen molar-refractivity contribution in [2.24, 2.45) is 0 Å². The summed E-state index contributed by atoms with van der Waals surface area (Å²) < 4.78 is 70.3. The SMILES string of the molecule is O=C([O-])O.O=C([O-])O.O=P(O)(O)O.O=P(O)(O)OP(=O)(O)O.O=P([O-])(O)O.O=P([O-])(O)O.O=P([O-])([O-])OP(=O)(O)O.[K+].[K+].[K+].[Na+].[Na+].[Na+]. The molecule has 15 N–H and O–H groups in total. The van der Waals surface area contributed by atoms with Crippen LogP contribution in [0.4, 0.5) is 9.59 Å². The van der Waals surface area contributed by atoms with E-state index in [0.717, 1.165) is 0 Å². The number of hydrogen-bond donors (Lipinski definition) is 15. The molecule has 0 unspecified atom stereocenters. The van der Waals surface area contributed by atoms with Crippen LogP contribution in [-0.4, -0.2) is 86.1 Å². The molecule has 0 aliphatic rings. The first-order chi connectivity index (χ1) is 16.9. The molecule has 0 spiro atoms. The maximum absolute atomic E-state index is 9.63. The van der Waals surface area contributed by atoms with Gasteiger partial charge in [0.2, 0.25) is 12.3 Å².